The number of hydrogen-bond donors (Lipinski definition) is 1. The first-order chi connectivity index (χ1) is 13.6. The Balaban J connectivity index is 1.67. The van der Waals surface area contributed by atoms with Gasteiger partial charge in [-0.15, -0.1) is 11.3 Å². The number of ether oxygens (including phenoxy) is 1. The van der Waals surface area contributed by atoms with Crippen LogP contribution in [0.5, 0.6) is 0 Å². The van der Waals surface area contributed by atoms with Gasteiger partial charge < -0.3 is 10.1 Å². The summed E-state index contributed by atoms with van der Waals surface area (Å²) >= 11 is 1.02. The molecule has 2 aromatic rings. The van der Waals surface area contributed by atoms with Crippen LogP contribution in [-0.4, -0.2) is 29.0 Å². The van der Waals surface area contributed by atoms with Crippen molar-refractivity contribution >= 4 is 23.2 Å². The van der Waals surface area contributed by atoms with Crippen LogP contribution in [0, 0.1) is 6.92 Å². The van der Waals surface area contributed by atoms with Crippen molar-refractivity contribution in [2.24, 2.45) is 0 Å². The van der Waals surface area contributed by atoms with E-state index in [-0.39, 0.29) is 16.8 Å². The number of carbonyl (C=O) groups excluding carboxylic acids is 2. The van der Waals surface area contributed by atoms with E-state index in [1.54, 1.807) is 6.92 Å². The molecular weight excluding hydrogens is 405 g/mol. The Kier molecular flexibility index (Phi) is 6.26. The van der Waals surface area contributed by atoms with E-state index in [0.29, 0.717) is 16.3 Å². The van der Waals surface area contributed by atoms with E-state index in [2.05, 4.69) is 10.3 Å². The molecule has 1 N–H and O–H groups in total. The molecule has 0 spiro atoms. The first-order valence-electron chi connectivity index (χ1n) is 9.31. The summed E-state index contributed by atoms with van der Waals surface area (Å²) in [6.45, 7) is 3.12. The van der Waals surface area contributed by atoms with Gasteiger partial charge in [0.1, 0.15) is 9.88 Å². The van der Waals surface area contributed by atoms with Gasteiger partial charge in [-0.3, -0.25) is 4.79 Å². The van der Waals surface area contributed by atoms with Crippen LogP contribution in [0.1, 0.15) is 53.5 Å². The van der Waals surface area contributed by atoms with E-state index in [1.807, 2.05) is 0 Å². The van der Waals surface area contributed by atoms with Crippen LogP contribution in [0.2, 0.25) is 0 Å². The molecule has 1 atom stereocenters. The summed E-state index contributed by atoms with van der Waals surface area (Å²) in [6.07, 6.45) is -1.35. The van der Waals surface area contributed by atoms with Gasteiger partial charge in [-0.2, -0.15) is 13.2 Å². The first kappa shape index (κ1) is 21.3. The van der Waals surface area contributed by atoms with Crippen LogP contribution in [0.3, 0.4) is 0 Å². The lowest BCUT2D eigenvalue weighted by molar-refractivity contribution is -0.137. The highest BCUT2D eigenvalue weighted by molar-refractivity contribution is 7.17. The van der Waals surface area contributed by atoms with E-state index in [9.17, 15) is 22.8 Å². The quantitative estimate of drug-likeness (QED) is 0.701. The largest absolute Gasteiger partial charge is 0.448 e. The van der Waals surface area contributed by atoms with Gasteiger partial charge in [0.05, 0.1) is 11.3 Å². The summed E-state index contributed by atoms with van der Waals surface area (Å²) in [5.41, 5.74) is 0.117. The molecule has 1 aliphatic rings. The molecule has 156 valence electrons. The SMILES string of the molecule is Cc1nc(-c2ccc(C(F)(F)F)cc2)sc1C(=O)OC(C)C(=O)NC1CCCC1. The lowest BCUT2D eigenvalue weighted by Crippen LogP contribution is -2.40. The molecule has 3 rings (SSSR count). The number of esters is 1. The second kappa shape index (κ2) is 8.52. The highest BCUT2D eigenvalue weighted by Gasteiger charge is 2.30. The zero-order valence-corrected chi connectivity index (χ0v) is 16.8. The molecule has 0 saturated heterocycles. The second-order valence-electron chi connectivity index (χ2n) is 7.05. The minimum absolute atomic E-state index is 0.125. The number of nitrogens with zero attached hydrogens (tertiary/aromatic N) is 1. The third-order valence-corrected chi connectivity index (χ3v) is 5.98. The maximum atomic E-state index is 12.7. The van der Waals surface area contributed by atoms with Crippen molar-refractivity contribution < 1.29 is 27.5 Å². The fourth-order valence-electron chi connectivity index (χ4n) is 3.17. The number of rotatable bonds is 5. The molecule has 1 aromatic heterocycles. The number of carbonyl (C=O) groups is 2. The van der Waals surface area contributed by atoms with Gasteiger partial charge in [0.25, 0.3) is 5.91 Å². The summed E-state index contributed by atoms with van der Waals surface area (Å²) in [5.74, 6) is -1.01. The minimum Gasteiger partial charge on any atom is -0.448 e. The maximum Gasteiger partial charge on any atom is 0.416 e. The number of nitrogens with one attached hydrogen (secondary N) is 1. The van der Waals surface area contributed by atoms with Gasteiger partial charge >= 0.3 is 12.1 Å². The normalized spacial score (nSPS) is 15.9. The number of amides is 1. The molecule has 1 unspecified atom stereocenters. The van der Waals surface area contributed by atoms with Crippen LogP contribution < -0.4 is 5.32 Å². The smallest absolute Gasteiger partial charge is 0.416 e. The average molecular weight is 426 g/mol. The van der Waals surface area contributed by atoms with Crippen LogP contribution in [0.4, 0.5) is 13.2 Å². The zero-order valence-electron chi connectivity index (χ0n) is 16.0. The molecule has 1 amide bonds. The number of thiazole rings is 1. The van der Waals surface area contributed by atoms with E-state index in [4.69, 9.17) is 4.74 Å². The van der Waals surface area contributed by atoms with Crippen molar-refractivity contribution in [3.63, 3.8) is 0 Å². The van der Waals surface area contributed by atoms with Crippen LogP contribution in [-0.2, 0) is 15.7 Å². The fourth-order valence-corrected chi connectivity index (χ4v) is 4.12. The summed E-state index contributed by atoms with van der Waals surface area (Å²) in [5, 5.41) is 3.29. The summed E-state index contributed by atoms with van der Waals surface area (Å²) < 4.78 is 43.4. The van der Waals surface area contributed by atoms with Gasteiger partial charge in [-0.05, 0) is 38.8 Å². The predicted octanol–water partition coefficient (Wildman–Crippen LogP) is 4.74. The Bertz CT molecular complexity index is 887. The van der Waals surface area contributed by atoms with Gasteiger partial charge in [-0.25, -0.2) is 9.78 Å². The van der Waals surface area contributed by atoms with E-state index >= 15 is 0 Å². The number of aromatic nitrogens is 1. The molecule has 5 nitrogen and oxygen atoms in total. The van der Waals surface area contributed by atoms with Crippen LogP contribution in [0.25, 0.3) is 10.6 Å². The standard InChI is InChI=1S/C20H21F3N2O3S/c1-11-16(19(27)28-12(2)17(26)25-15-5-3-4-6-15)29-18(24-11)13-7-9-14(10-8-13)20(21,22)23/h7-10,12,15H,3-6H2,1-2H3,(H,25,26). The topological polar surface area (TPSA) is 68.3 Å². The third-order valence-electron chi connectivity index (χ3n) is 4.80. The number of aryl methyl sites for hydroxylation is 1. The highest BCUT2D eigenvalue weighted by atomic mass is 32.1. The molecular formula is C20H21F3N2O3S. The zero-order chi connectivity index (χ0) is 21.2. The Morgan fingerprint density at radius 1 is 1.21 bits per heavy atom. The second-order valence-corrected chi connectivity index (χ2v) is 8.05. The van der Waals surface area contributed by atoms with Crippen LogP contribution >= 0.6 is 11.3 Å². The number of hydrogen-bond acceptors (Lipinski definition) is 5. The van der Waals surface area contributed by atoms with Crippen LogP contribution in [0.15, 0.2) is 24.3 Å². The Morgan fingerprint density at radius 3 is 2.41 bits per heavy atom. The lowest BCUT2D eigenvalue weighted by Gasteiger charge is -2.16. The van der Waals surface area contributed by atoms with Crippen molar-refractivity contribution in [3.8, 4) is 10.6 Å². The Morgan fingerprint density at radius 2 is 1.83 bits per heavy atom. The van der Waals surface area contributed by atoms with Crippen molar-refractivity contribution in [2.45, 2.75) is 57.9 Å². The van der Waals surface area contributed by atoms with E-state index in [0.717, 1.165) is 49.2 Å². The average Bonchev–Trinajstić information content (AvgIpc) is 3.30. The monoisotopic (exact) mass is 426 g/mol. The molecule has 0 aliphatic heterocycles. The molecule has 1 aliphatic carbocycles. The summed E-state index contributed by atoms with van der Waals surface area (Å²) in [7, 11) is 0. The molecule has 1 aromatic carbocycles. The number of halogens is 3. The third kappa shape index (κ3) is 5.14. The van der Waals surface area contributed by atoms with Crippen molar-refractivity contribution in [2.75, 3.05) is 0 Å². The molecule has 0 bridgehead atoms. The lowest BCUT2D eigenvalue weighted by atomic mass is 10.1. The maximum absolute atomic E-state index is 12.7. The fraction of sp³-hybridized carbons (Fsp3) is 0.450. The van der Waals surface area contributed by atoms with Crippen molar-refractivity contribution in [1.82, 2.24) is 10.3 Å². The number of alkyl halides is 3. The van der Waals surface area contributed by atoms with Crippen molar-refractivity contribution in [1.29, 1.82) is 0 Å². The number of benzene rings is 1. The molecule has 1 fully saturated rings. The highest BCUT2D eigenvalue weighted by Crippen LogP contribution is 2.33. The molecule has 9 heteroatoms. The Hall–Kier alpha value is -2.42. The Labute approximate surface area is 170 Å². The molecule has 0 radical (unpaired) electrons. The molecule has 29 heavy (non-hydrogen) atoms. The first-order valence-corrected chi connectivity index (χ1v) is 10.1. The predicted molar refractivity (Wildman–Crippen MR) is 103 cm³/mol. The van der Waals surface area contributed by atoms with Gasteiger partial charge in [0.15, 0.2) is 6.10 Å². The molecule has 1 heterocycles. The van der Waals surface area contributed by atoms with Gasteiger partial charge in [0, 0.05) is 11.6 Å². The summed E-state index contributed by atoms with van der Waals surface area (Å²) in [6, 6.07) is 4.70. The van der Waals surface area contributed by atoms with Gasteiger partial charge in [-0.1, -0.05) is 25.0 Å². The minimum atomic E-state index is -4.42. The van der Waals surface area contributed by atoms with E-state index in [1.165, 1.54) is 19.1 Å². The molecule has 1 saturated carbocycles. The van der Waals surface area contributed by atoms with Gasteiger partial charge in [0.2, 0.25) is 0 Å². The van der Waals surface area contributed by atoms with Crippen molar-refractivity contribution in [3.05, 3.63) is 40.4 Å². The summed E-state index contributed by atoms with van der Waals surface area (Å²) in [4.78, 5) is 29.2. The van der Waals surface area contributed by atoms with E-state index < -0.39 is 23.8 Å².